The Bertz CT molecular complexity index is 401. The summed E-state index contributed by atoms with van der Waals surface area (Å²) < 4.78 is 35.7. The maximum absolute atomic E-state index is 13.2. The summed E-state index contributed by atoms with van der Waals surface area (Å²) in [6.07, 6.45) is 0. The van der Waals surface area contributed by atoms with Gasteiger partial charge in [-0.15, -0.1) is 0 Å². The first kappa shape index (κ1) is 13.2. The summed E-state index contributed by atoms with van der Waals surface area (Å²) >= 11 is 0. The van der Waals surface area contributed by atoms with Crippen molar-refractivity contribution in [1.29, 1.82) is 0 Å². The average Bonchev–Trinajstić information content (AvgIpc) is 2.22. The van der Waals surface area contributed by atoms with E-state index in [0.29, 0.717) is 0 Å². The van der Waals surface area contributed by atoms with Crippen molar-refractivity contribution in [1.82, 2.24) is 0 Å². The first-order valence-electron chi connectivity index (χ1n) is 4.98. The number of nitrogen functional groups attached to an aromatic ring is 1. The van der Waals surface area contributed by atoms with Crippen LogP contribution in [-0.4, -0.2) is 13.2 Å². The predicted molar refractivity (Wildman–Crippen MR) is 61.3 cm³/mol. The van der Waals surface area contributed by atoms with Gasteiger partial charge < -0.3 is 14.8 Å². The zero-order valence-electron chi connectivity index (χ0n) is 9.27. The van der Waals surface area contributed by atoms with Crippen molar-refractivity contribution >= 4 is 18.6 Å². The molecule has 0 spiro atoms. The van der Waals surface area contributed by atoms with Crippen LogP contribution in [0.15, 0.2) is 18.2 Å². The number of para-hydroxylation sites is 1. The molecule has 0 radical (unpaired) electrons. The minimum atomic E-state index is -3.50. The monoisotopic (exact) mass is 247 g/mol. The van der Waals surface area contributed by atoms with Crippen LogP contribution in [0.5, 0.6) is 0 Å². The molecule has 2 N–H and O–H groups in total. The number of benzene rings is 1. The zero-order valence-corrected chi connectivity index (χ0v) is 10.2. The minimum Gasteiger partial charge on any atom is -0.396 e. The van der Waals surface area contributed by atoms with Gasteiger partial charge in [-0.05, 0) is 26.0 Å². The molecule has 16 heavy (non-hydrogen) atoms. The van der Waals surface area contributed by atoms with Crippen molar-refractivity contribution in [2.24, 2.45) is 0 Å². The molecule has 0 saturated carbocycles. The van der Waals surface area contributed by atoms with E-state index in [-0.39, 0.29) is 24.2 Å². The molecule has 4 nitrogen and oxygen atoms in total. The molecular formula is C10H15FNO3P. The van der Waals surface area contributed by atoms with E-state index < -0.39 is 13.4 Å². The molecule has 1 rings (SSSR count). The topological polar surface area (TPSA) is 61.5 Å². The maximum Gasteiger partial charge on any atom is 0.363 e. The Morgan fingerprint density at radius 3 is 2.38 bits per heavy atom. The lowest BCUT2D eigenvalue weighted by Crippen LogP contribution is -2.16. The summed E-state index contributed by atoms with van der Waals surface area (Å²) in [4.78, 5) is 0. The highest BCUT2D eigenvalue weighted by molar-refractivity contribution is 7.62. The summed E-state index contributed by atoms with van der Waals surface area (Å²) in [6.45, 7) is 3.77. The van der Waals surface area contributed by atoms with E-state index in [1.165, 1.54) is 18.2 Å². The SMILES string of the molecule is CCOP(=O)(OCC)c1cccc(F)c1N. The molecule has 0 aliphatic heterocycles. The van der Waals surface area contributed by atoms with Gasteiger partial charge in [0.25, 0.3) is 0 Å². The molecule has 0 aromatic heterocycles. The normalized spacial score (nSPS) is 11.7. The van der Waals surface area contributed by atoms with Gasteiger partial charge in [0.2, 0.25) is 0 Å². The molecular weight excluding hydrogens is 232 g/mol. The highest BCUT2D eigenvalue weighted by atomic mass is 31.2. The molecule has 0 amide bonds. The number of hydrogen-bond acceptors (Lipinski definition) is 4. The van der Waals surface area contributed by atoms with Crippen LogP contribution in [0, 0.1) is 5.82 Å². The standard InChI is InChI=1S/C10H15FNO3P/c1-3-14-16(13,15-4-2)9-7-5-6-8(11)10(9)12/h5-7H,3-4,12H2,1-2H3. The van der Waals surface area contributed by atoms with Gasteiger partial charge in [-0.3, -0.25) is 4.57 Å². The van der Waals surface area contributed by atoms with Gasteiger partial charge in [-0.1, -0.05) is 6.07 Å². The van der Waals surface area contributed by atoms with Gasteiger partial charge in [-0.25, -0.2) is 4.39 Å². The third kappa shape index (κ3) is 2.61. The third-order valence-corrected chi connectivity index (χ3v) is 4.10. The Morgan fingerprint density at radius 2 is 1.88 bits per heavy atom. The lowest BCUT2D eigenvalue weighted by molar-refractivity contribution is 0.230. The molecule has 0 unspecified atom stereocenters. The van der Waals surface area contributed by atoms with Crippen LogP contribution in [0.2, 0.25) is 0 Å². The van der Waals surface area contributed by atoms with E-state index in [4.69, 9.17) is 14.8 Å². The van der Waals surface area contributed by atoms with Gasteiger partial charge in [-0.2, -0.15) is 0 Å². The fourth-order valence-electron chi connectivity index (χ4n) is 1.28. The molecule has 0 fully saturated rings. The molecule has 1 aromatic rings. The molecule has 0 aliphatic rings. The molecule has 0 heterocycles. The van der Waals surface area contributed by atoms with Gasteiger partial charge >= 0.3 is 7.60 Å². The lowest BCUT2D eigenvalue weighted by atomic mass is 10.3. The van der Waals surface area contributed by atoms with E-state index in [9.17, 15) is 8.96 Å². The molecule has 1 aromatic carbocycles. The fraction of sp³-hybridized carbons (Fsp3) is 0.400. The Kier molecular flexibility index (Phi) is 4.47. The van der Waals surface area contributed by atoms with Crippen molar-refractivity contribution in [2.75, 3.05) is 18.9 Å². The van der Waals surface area contributed by atoms with E-state index >= 15 is 0 Å². The first-order valence-corrected chi connectivity index (χ1v) is 6.53. The molecule has 0 atom stereocenters. The second-order valence-electron chi connectivity index (χ2n) is 3.01. The van der Waals surface area contributed by atoms with Crippen molar-refractivity contribution in [3.63, 3.8) is 0 Å². The highest BCUT2D eigenvalue weighted by Crippen LogP contribution is 2.48. The van der Waals surface area contributed by atoms with Crippen LogP contribution >= 0.6 is 7.60 Å². The van der Waals surface area contributed by atoms with Crippen molar-refractivity contribution in [3.8, 4) is 0 Å². The van der Waals surface area contributed by atoms with Gasteiger partial charge in [0.05, 0.1) is 24.2 Å². The number of hydrogen-bond donors (Lipinski definition) is 1. The minimum absolute atomic E-state index is 0.0798. The Labute approximate surface area is 94.1 Å². The largest absolute Gasteiger partial charge is 0.396 e. The second kappa shape index (κ2) is 5.43. The van der Waals surface area contributed by atoms with Crippen molar-refractivity contribution < 1.29 is 18.0 Å². The zero-order chi connectivity index (χ0) is 12.2. The van der Waals surface area contributed by atoms with Crippen molar-refractivity contribution in [3.05, 3.63) is 24.0 Å². The molecule has 0 aliphatic carbocycles. The van der Waals surface area contributed by atoms with Crippen LogP contribution in [0.1, 0.15) is 13.8 Å². The fourth-order valence-corrected chi connectivity index (χ4v) is 2.98. The van der Waals surface area contributed by atoms with E-state index in [1.807, 2.05) is 0 Å². The van der Waals surface area contributed by atoms with Crippen molar-refractivity contribution in [2.45, 2.75) is 13.8 Å². The second-order valence-corrected chi connectivity index (χ2v) is 5.00. The van der Waals surface area contributed by atoms with E-state index in [0.717, 1.165) is 0 Å². The van der Waals surface area contributed by atoms with Crippen LogP contribution in [0.4, 0.5) is 10.1 Å². The Balaban J connectivity index is 3.21. The predicted octanol–water partition coefficient (Wildman–Crippen LogP) is 2.30. The van der Waals surface area contributed by atoms with Gasteiger partial charge in [0.1, 0.15) is 5.82 Å². The number of anilines is 1. The Morgan fingerprint density at radius 1 is 1.31 bits per heavy atom. The summed E-state index contributed by atoms with van der Waals surface area (Å²) in [5, 5.41) is 0.0798. The van der Waals surface area contributed by atoms with E-state index in [1.54, 1.807) is 13.8 Å². The van der Waals surface area contributed by atoms with Crippen LogP contribution < -0.4 is 11.0 Å². The summed E-state index contributed by atoms with van der Waals surface area (Å²) in [5.41, 5.74) is 5.33. The summed E-state index contributed by atoms with van der Waals surface area (Å²) in [6, 6.07) is 4.07. The van der Waals surface area contributed by atoms with Gasteiger partial charge in [0.15, 0.2) is 0 Å². The molecule has 90 valence electrons. The third-order valence-electron chi connectivity index (χ3n) is 1.92. The van der Waals surface area contributed by atoms with Crippen LogP contribution in [-0.2, 0) is 13.6 Å². The number of rotatable bonds is 5. The molecule has 6 heteroatoms. The number of nitrogens with two attached hydrogens (primary N) is 1. The summed E-state index contributed by atoms with van der Waals surface area (Å²) in [7, 11) is -3.50. The summed E-state index contributed by atoms with van der Waals surface area (Å²) in [5.74, 6) is -0.628. The highest BCUT2D eigenvalue weighted by Gasteiger charge is 2.29. The van der Waals surface area contributed by atoms with Gasteiger partial charge in [0, 0.05) is 0 Å². The smallest absolute Gasteiger partial charge is 0.363 e. The average molecular weight is 247 g/mol. The Hall–Kier alpha value is -0.900. The maximum atomic E-state index is 13.2. The van der Waals surface area contributed by atoms with Crippen LogP contribution in [0.25, 0.3) is 0 Å². The lowest BCUT2D eigenvalue weighted by Gasteiger charge is -2.18. The van der Waals surface area contributed by atoms with Crippen LogP contribution in [0.3, 0.4) is 0 Å². The number of halogens is 1. The first-order chi connectivity index (χ1) is 7.55. The molecule has 0 saturated heterocycles. The van der Waals surface area contributed by atoms with E-state index in [2.05, 4.69) is 0 Å². The molecule has 0 bridgehead atoms. The quantitative estimate of drug-likeness (QED) is 0.640.